The van der Waals surface area contributed by atoms with E-state index in [0.29, 0.717) is 24.9 Å². The zero-order valence-corrected chi connectivity index (χ0v) is 23.5. The number of nitrogens with one attached hydrogen (secondary N) is 1. The summed E-state index contributed by atoms with van der Waals surface area (Å²) < 4.78 is 5.41. The maximum Gasteiger partial charge on any atom is 0.252 e. The monoisotopic (exact) mass is 539 g/mol. The minimum absolute atomic E-state index is 0.0255. The number of thiophene rings is 1. The highest BCUT2D eigenvalue weighted by Crippen LogP contribution is 2.32. The van der Waals surface area contributed by atoms with Crippen LogP contribution in [0.4, 0.5) is 0 Å². The molecule has 0 aliphatic carbocycles. The van der Waals surface area contributed by atoms with E-state index in [-0.39, 0.29) is 47.9 Å². The van der Waals surface area contributed by atoms with Crippen LogP contribution in [0.3, 0.4) is 0 Å². The lowest BCUT2D eigenvalue weighted by atomic mass is 10.0. The fourth-order valence-electron chi connectivity index (χ4n) is 5.54. The first-order chi connectivity index (χ1) is 18.1. The number of carbonyl (C=O) groups excluding carboxylic acids is 4. The van der Waals surface area contributed by atoms with Crippen molar-refractivity contribution in [3.05, 3.63) is 47.3 Å². The Morgan fingerprint density at radius 2 is 1.76 bits per heavy atom. The van der Waals surface area contributed by atoms with Crippen LogP contribution < -0.4 is 5.32 Å². The van der Waals surface area contributed by atoms with Gasteiger partial charge in [0.1, 0.15) is 18.2 Å². The van der Waals surface area contributed by atoms with Crippen molar-refractivity contribution in [3.8, 4) is 10.4 Å². The Kier molecular flexibility index (Phi) is 8.67. The molecule has 0 radical (unpaired) electrons. The number of fused-ring (bicyclic) bond motifs is 1. The summed E-state index contributed by atoms with van der Waals surface area (Å²) >= 11 is 1.63. The molecule has 2 aliphatic rings. The van der Waals surface area contributed by atoms with E-state index < -0.39 is 18.2 Å². The Hall–Kier alpha value is -3.04. The Balaban J connectivity index is 1.48. The van der Waals surface area contributed by atoms with Crippen molar-refractivity contribution in [2.75, 3.05) is 20.2 Å². The zero-order chi connectivity index (χ0) is 27.6. The molecule has 0 spiro atoms. The molecule has 1 aromatic carbocycles. The molecule has 2 saturated heterocycles. The number of nitrogens with zero attached hydrogens (tertiary/aromatic N) is 2. The lowest BCUT2D eigenvalue weighted by Crippen LogP contribution is -2.53. The van der Waals surface area contributed by atoms with Crippen molar-refractivity contribution in [1.29, 1.82) is 0 Å². The zero-order valence-electron chi connectivity index (χ0n) is 22.7. The van der Waals surface area contributed by atoms with Crippen LogP contribution in [0.2, 0.25) is 0 Å². The van der Waals surface area contributed by atoms with E-state index >= 15 is 0 Å². The first kappa shape index (κ1) is 28.0. The highest BCUT2D eigenvalue weighted by Gasteiger charge is 2.53. The first-order valence-corrected chi connectivity index (χ1v) is 14.1. The number of ketones is 1. The second-order valence-electron chi connectivity index (χ2n) is 10.9. The summed E-state index contributed by atoms with van der Waals surface area (Å²) in [6.45, 7) is 8.13. The Bertz CT molecular complexity index is 1160. The van der Waals surface area contributed by atoms with E-state index in [1.54, 1.807) is 33.3 Å². The van der Waals surface area contributed by atoms with Gasteiger partial charge in [0.25, 0.3) is 11.8 Å². The van der Waals surface area contributed by atoms with Gasteiger partial charge in [-0.15, -0.1) is 11.3 Å². The van der Waals surface area contributed by atoms with Crippen molar-refractivity contribution < 1.29 is 23.9 Å². The van der Waals surface area contributed by atoms with Gasteiger partial charge >= 0.3 is 0 Å². The van der Waals surface area contributed by atoms with Gasteiger partial charge in [-0.25, -0.2) is 0 Å². The number of amides is 3. The van der Waals surface area contributed by atoms with E-state index in [9.17, 15) is 19.2 Å². The highest BCUT2D eigenvalue weighted by molar-refractivity contribution is 7.13. The van der Waals surface area contributed by atoms with Gasteiger partial charge in [-0.2, -0.15) is 0 Å². The maximum absolute atomic E-state index is 13.8. The van der Waals surface area contributed by atoms with Crippen molar-refractivity contribution in [3.63, 3.8) is 0 Å². The molecule has 1 aromatic heterocycles. The standard InChI is InChI=1S/C29H37N3O5S/c1-17(2)15-21(30-27(34)20-10-8-19(9-11-20)24-7-6-14-38-24)28(35)31-13-12-22-25(31)23(33)16-32(22)29(36)26(37-5)18(3)4/h6-11,14,17-18,21-22,25-26H,12-13,15-16H2,1-5H3,(H,30,34). The fourth-order valence-corrected chi connectivity index (χ4v) is 6.28. The number of likely N-dealkylation sites (tertiary alicyclic amines) is 2. The van der Waals surface area contributed by atoms with E-state index in [0.717, 1.165) is 10.4 Å². The summed E-state index contributed by atoms with van der Waals surface area (Å²) in [6.07, 6.45) is 0.335. The Labute approximate surface area is 228 Å². The predicted molar refractivity (Wildman–Crippen MR) is 147 cm³/mol. The molecule has 0 saturated carbocycles. The van der Waals surface area contributed by atoms with Crippen molar-refractivity contribution >= 4 is 34.8 Å². The third-order valence-electron chi connectivity index (χ3n) is 7.35. The third-order valence-corrected chi connectivity index (χ3v) is 8.27. The van der Waals surface area contributed by atoms with Crippen LogP contribution in [0.15, 0.2) is 41.8 Å². The summed E-state index contributed by atoms with van der Waals surface area (Å²) in [5, 5.41) is 4.93. The topological polar surface area (TPSA) is 96.0 Å². The van der Waals surface area contributed by atoms with E-state index in [2.05, 4.69) is 5.32 Å². The number of carbonyl (C=O) groups is 4. The number of rotatable bonds is 9. The molecule has 2 aliphatic heterocycles. The summed E-state index contributed by atoms with van der Waals surface area (Å²) in [5.41, 5.74) is 1.50. The SMILES string of the molecule is COC(C(=O)N1CC(=O)C2C1CCN2C(=O)C(CC(C)C)NC(=O)c1ccc(-c2cccs2)cc1)C(C)C. The van der Waals surface area contributed by atoms with Crippen LogP contribution in [0.25, 0.3) is 10.4 Å². The molecule has 1 N–H and O–H groups in total. The number of ether oxygens (including phenoxy) is 1. The molecular weight excluding hydrogens is 502 g/mol. The lowest BCUT2D eigenvalue weighted by Gasteiger charge is -2.30. The molecule has 4 atom stereocenters. The maximum atomic E-state index is 13.8. The summed E-state index contributed by atoms with van der Waals surface area (Å²) in [7, 11) is 1.50. The predicted octanol–water partition coefficient (Wildman–Crippen LogP) is 3.61. The van der Waals surface area contributed by atoms with Crippen LogP contribution in [0.5, 0.6) is 0 Å². The highest BCUT2D eigenvalue weighted by atomic mass is 32.1. The van der Waals surface area contributed by atoms with Crippen LogP contribution in [0.1, 0.15) is 50.9 Å². The number of methoxy groups -OCH3 is 1. The van der Waals surface area contributed by atoms with Gasteiger partial charge < -0.3 is 19.9 Å². The lowest BCUT2D eigenvalue weighted by molar-refractivity contribution is -0.146. The number of benzene rings is 1. The summed E-state index contributed by atoms with van der Waals surface area (Å²) in [5.74, 6) is -0.848. The molecular formula is C29H37N3O5S. The van der Waals surface area contributed by atoms with Gasteiger partial charge in [-0.3, -0.25) is 19.2 Å². The van der Waals surface area contributed by atoms with Gasteiger partial charge in [0, 0.05) is 24.1 Å². The van der Waals surface area contributed by atoms with Crippen LogP contribution >= 0.6 is 11.3 Å². The number of hydrogen-bond donors (Lipinski definition) is 1. The first-order valence-electron chi connectivity index (χ1n) is 13.2. The third kappa shape index (κ3) is 5.68. The van der Waals surface area contributed by atoms with Gasteiger partial charge in [0.05, 0.1) is 12.6 Å². The van der Waals surface area contributed by atoms with E-state index in [1.807, 2.05) is 57.3 Å². The van der Waals surface area contributed by atoms with Crippen molar-refractivity contribution in [1.82, 2.24) is 15.1 Å². The number of hydrogen-bond acceptors (Lipinski definition) is 6. The molecule has 9 heteroatoms. The molecule has 2 fully saturated rings. The van der Waals surface area contributed by atoms with Gasteiger partial charge in [0.2, 0.25) is 5.91 Å². The van der Waals surface area contributed by atoms with Crippen LogP contribution in [0, 0.1) is 11.8 Å². The average Bonchev–Trinajstić information content (AvgIpc) is 3.62. The molecule has 8 nitrogen and oxygen atoms in total. The Morgan fingerprint density at radius 3 is 2.34 bits per heavy atom. The molecule has 2 aromatic rings. The van der Waals surface area contributed by atoms with Crippen LogP contribution in [-0.4, -0.2) is 77.7 Å². The largest absolute Gasteiger partial charge is 0.371 e. The molecule has 38 heavy (non-hydrogen) atoms. The Morgan fingerprint density at radius 1 is 1.05 bits per heavy atom. The van der Waals surface area contributed by atoms with Gasteiger partial charge in [-0.1, -0.05) is 45.9 Å². The molecule has 0 bridgehead atoms. The van der Waals surface area contributed by atoms with Crippen molar-refractivity contribution in [2.45, 2.75) is 64.8 Å². The smallest absolute Gasteiger partial charge is 0.252 e. The van der Waals surface area contributed by atoms with Crippen LogP contribution in [-0.2, 0) is 19.1 Å². The molecule has 4 unspecified atom stereocenters. The van der Waals surface area contributed by atoms with E-state index in [4.69, 9.17) is 4.74 Å². The quantitative estimate of drug-likeness (QED) is 0.525. The molecule has 204 valence electrons. The minimum Gasteiger partial charge on any atom is -0.371 e. The van der Waals surface area contributed by atoms with Gasteiger partial charge in [0.15, 0.2) is 5.78 Å². The molecule has 3 heterocycles. The second kappa shape index (κ2) is 11.8. The molecule has 4 rings (SSSR count). The van der Waals surface area contributed by atoms with E-state index in [1.165, 1.54) is 7.11 Å². The normalized spacial score (nSPS) is 20.7. The molecule has 3 amide bonds. The average molecular weight is 540 g/mol. The van der Waals surface area contributed by atoms with Crippen molar-refractivity contribution in [2.24, 2.45) is 11.8 Å². The van der Waals surface area contributed by atoms with Gasteiger partial charge in [-0.05, 0) is 53.8 Å². The summed E-state index contributed by atoms with van der Waals surface area (Å²) in [4.78, 5) is 57.4. The summed E-state index contributed by atoms with van der Waals surface area (Å²) in [6, 6.07) is 9.52. The second-order valence-corrected chi connectivity index (χ2v) is 11.8. The fraction of sp³-hybridized carbons (Fsp3) is 0.517. The number of Topliss-reactive ketones (excluding diaryl/α,β-unsaturated/α-hetero) is 1. The minimum atomic E-state index is -0.766.